The lowest BCUT2D eigenvalue weighted by atomic mass is 9.74. The monoisotopic (exact) mass is 472 g/mol. The Balaban J connectivity index is 1.31. The number of fused-ring (bicyclic) bond motifs is 1. The van der Waals surface area contributed by atoms with E-state index >= 15 is 0 Å². The maximum atomic E-state index is 13.2. The first-order valence-corrected chi connectivity index (χ1v) is 13.1. The highest BCUT2D eigenvalue weighted by Gasteiger charge is 2.49. The van der Waals surface area contributed by atoms with E-state index in [-0.39, 0.29) is 30.5 Å². The maximum Gasteiger partial charge on any atom is 0.227 e. The molecule has 5 heteroatoms. The van der Waals surface area contributed by atoms with Gasteiger partial charge in [-0.2, -0.15) is 0 Å². The van der Waals surface area contributed by atoms with Crippen molar-refractivity contribution in [1.29, 1.82) is 0 Å². The molecule has 3 fully saturated rings. The lowest BCUT2D eigenvalue weighted by Gasteiger charge is -2.57. The van der Waals surface area contributed by atoms with E-state index in [0.717, 1.165) is 62.7 Å². The van der Waals surface area contributed by atoms with E-state index in [4.69, 9.17) is 0 Å². The van der Waals surface area contributed by atoms with Crippen LogP contribution < -0.4 is 0 Å². The first-order chi connectivity index (χ1) is 17.1. The molecule has 1 aliphatic carbocycles. The number of hydrogen-bond acceptors (Lipinski definition) is 4. The van der Waals surface area contributed by atoms with Crippen LogP contribution in [0.1, 0.15) is 61.1 Å². The highest BCUT2D eigenvalue weighted by atomic mass is 16.3. The van der Waals surface area contributed by atoms with Gasteiger partial charge in [-0.15, -0.1) is 0 Å². The molecule has 0 bridgehead atoms. The Morgan fingerprint density at radius 2 is 1.69 bits per heavy atom. The molecule has 0 aromatic heterocycles. The molecule has 0 radical (unpaired) electrons. The Morgan fingerprint density at radius 1 is 0.971 bits per heavy atom. The first kappa shape index (κ1) is 24.1. The van der Waals surface area contributed by atoms with Crippen molar-refractivity contribution >= 4 is 5.91 Å². The molecule has 0 unspecified atom stereocenters. The number of hydrogen-bond donors (Lipinski definition) is 2. The Bertz CT molecular complexity index is 1070. The average molecular weight is 473 g/mol. The van der Waals surface area contributed by atoms with Crippen LogP contribution in [-0.2, 0) is 11.2 Å². The van der Waals surface area contributed by atoms with E-state index in [9.17, 15) is 15.0 Å². The van der Waals surface area contributed by atoms with E-state index in [1.54, 1.807) is 0 Å². The van der Waals surface area contributed by atoms with Crippen LogP contribution in [0.15, 0.2) is 54.6 Å². The fourth-order valence-electron chi connectivity index (χ4n) is 6.11. The topological polar surface area (TPSA) is 64.0 Å². The molecule has 0 spiro atoms. The van der Waals surface area contributed by atoms with Crippen LogP contribution in [0.4, 0.5) is 0 Å². The molecule has 5 nitrogen and oxygen atoms in total. The Labute approximate surface area is 208 Å². The van der Waals surface area contributed by atoms with Gasteiger partial charge in [0.2, 0.25) is 5.91 Å². The van der Waals surface area contributed by atoms with Gasteiger partial charge in [-0.1, -0.05) is 54.3 Å². The molecule has 3 aliphatic rings. The summed E-state index contributed by atoms with van der Waals surface area (Å²) in [5.74, 6) is 6.61. The summed E-state index contributed by atoms with van der Waals surface area (Å²) in [5, 5.41) is 20.7. The summed E-state index contributed by atoms with van der Waals surface area (Å²) in [6.07, 6.45) is 6.05. The van der Waals surface area contributed by atoms with Gasteiger partial charge < -0.3 is 15.1 Å². The second-order valence-electron chi connectivity index (χ2n) is 10.4. The van der Waals surface area contributed by atoms with E-state index in [1.165, 1.54) is 5.56 Å². The van der Waals surface area contributed by atoms with Crippen molar-refractivity contribution in [2.45, 2.75) is 68.5 Å². The molecular formula is C30H36N2O3. The number of nitrogens with zero attached hydrogens (tertiary/aromatic N) is 2. The fraction of sp³-hybridized carbons (Fsp3) is 0.500. The van der Waals surface area contributed by atoms with Gasteiger partial charge in [0.05, 0.1) is 13.0 Å². The lowest BCUT2D eigenvalue weighted by molar-refractivity contribution is -0.135. The van der Waals surface area contributed by atoms with Gasteiger partial charge in [-0.25, -0.2) is 0 Å². The summed E-state index contributed by atoms with van der Waals surface area (Å²) >= 11 is 0. The highest BCUT2D eigenvalue weighted by Crippen LogP contribution is 2.42. The maximum absolute atomic E-state index is 13.2. The molecule has 2 aromatic carbocycles. The van der Waals surface area contributed by atoms with Crippen LogP contribution in [-0.4, -0.2) is 69.8 Å². The minimum atomic E-state index is -0.830. The molecule has 184 valence electrons. The number of aliphatic hydroxyl groups is 2. The largest absolute Gasteiger partial charge is 0.395 e. The molecule has 2 N–H and O–H groups in total. The first-order valence-electron chi connectivity index (χ1n) is 13.1. The second kappa shape index (κ2) is 10.5. The van der Waals surface area contributed by atoms with E-state index < -0.39 is 5.60 Å². The zero-order valence-electron chi connectivity index (χ0n) is 20.4. The molecule has 3 atom stereocenters. The molecule has 2 saturated heterocycles. The summed E-state index contributed by atoms with van der Waals surface area (Å²) in [7, 11) is 0. The molecular weight excluding hydrogens is 436 g/mol. The van der Waals surface area contributed by atoms with Gasteiger partial charge in [0, 0.05) is 36.7 Å². The van der Waals surface area contributed by atoms with Gasteiger partial charge in [0.1, 0.15) is 5.60 Å². The van der Waals surface area contributed by atoms with E-state index in [1.807, 2.05) is 47.4 Å². The quantitative estimate of drug-likeness (QED) is 0.670. The number of amides is 1. The van der Waals surface area contributed by atoms with Gasteiger partial charge in [0.15, 0.2) is 0 Å². The molecule has 1 saturated carbocycles. The number of benzene rings is 2. The zero-order valence-corrected chi connectivity index (χ0v) is 20.4. The molecule has 2 aliphatic heterocycles. The standard InChI is InChI=1S/C30H36N2O3/c33-22-27-29(25-12-10-23(11-13-25)14-17-30(35)15-4-5-16-30)26-21-31(18-6-7-19-32(26)27)28(34)20-24-8-2-1-3-9-24/h1-3,8-13,26-27,29,33,35H,4-7,15-16,18-22H2/t26-,27-,29+/m1/s1. The van der Waals surface area contributed by atoms with Crippen LogP contribution in [0.3, 0.4) is 0 Å². The van der Waals surface area contributed by atoms with Gasteiger partial charge >= 0.3 is 0 Å². The van der Waals surface area contributed by atoms with Gasteiger partial charge in [-0.05, 0) is 68.3 Å². The number of carbonyl (C=O) groups excluding carboxylic acids is 1. The zero-order chi connectivity index (χ0) is 24.3. The van der Waals surface area contributed by atoms with Crippen LogP contribution in [0.2, 0.25) is 0 Å². The van der Waals surface area contributed by atoms with Crippen LogP contribution in [0.25, 0.3) is 0 Å². The number of rotatable bonds is 4. The van der Waals surface area contributed by atoms with Crippen molar-refractivity contribution < 1.29 is 15.0 Å². The summed E-state index contributed by atoms with van der Waals surface area (Å²) in [6.45, 7) is 2.58. The number of aliphatic hydroxyl groups excluding tert-OH is 1. The van der Waals surface area contributed by atoms with Crippen LogP contribution >= 0.6 is 0 Å². The SMILES string of the molecule is O=C(Cc1ccccc1)N1CCCCN2[C@H](CO)[C@@H](c3ccc(C#CC4(O)CCCC4)cc3)[C@H]2C1. The van der Waals surface area contributed by atoms with Crippen molar-refractivity contribution in [3.63, 3.8) is 0 Å². The predicted octanol–water partition coefficient (Wildman–Crippen LogP) is 3.34. The smallest absolute Gasteiger partial charge is 0.227 e. The molecule has 35 heavy (non-hydrogen) atoms. The Hall–Kier alpha value is -2.65. The van der Waals surface area contributed by atoms with Gasteiger partial charge in [-0.3, -0.25) is 9.69 Å². The highest BCUT2D eigenvalue weighted by molar-refractivity contribution is 5.78. The van der Waals surface area contributed by atoms with Crippen molar-refractivity contribution in [1.82, 2.24) is 9.80 Å². The van der Waals surface area contributed by atoms with Crippen LogP contribution in [0, 0.1) is 11.8 Å². The third-order valence-electron chi connectivity index (χ3n) is 8.09. The molecule has 2 aromatic rings. The Morgan fingerprint density at radius 3 is 2.40 bits per heavy atom. The van der Waals surface area contributed by atoms with Crippen molar-refractivity contribution in [2.24, 2.45) is 0 Å². The predicted molar refractivity (Wildman–Crippen MR) is 137 cm³/mol. The third kappa shape index (κ3) is 5.30. The van der Waals surface area contributed by atoms with E-state index in [0.29, 0.717) is 13.0 Å². The molecule has 2 heterocycles. The summed E-state index contributed by atoms with van der Waals surface area (Å²) in [4.78, 5) is 17.6. The van der Waals surface area contributed by atoms with Crippen LogP contribution in [0.5, 0.6) is 0 Å². The minimum absolute atomic E-state index is 0.0836. The van der Waals surface area contributed by atoms with Crippen molar-refractivity contribution in [3.8, 4) is 11.8 Å². The van der Waals surface area contributed by atoms with Gasteiger partial charge in [0.25, 0.3) is 0 Å². The average Bonchev–Trinajstić information content (AvgIpc) is 3.30. The van der Waals surface area contributed by atoms with Crippen molar-refractivity contribution in [3.05, 3.63) is 71.3 Å². The number of carbonyl (C=O) groups is 1. The second-order valence-corrected chi connectivity index (χ2v) is 10.4. The Kier molecular flexibility index (Phi) is 7.24. The molecule has 1 amide bonds. The van der Waals surface area contributed by atoms with Crippen molar-refractivity contribution in [2.75, 3.05) is 26.2 Å². The normalized spacial score (nSPS) is 26.0. The summed E-state index contributed by atoms with van der Waals surface area (Å²) in [5.41, 5.74) is 2.31. The third-order valence-corrected chi connectivity index (χ3v) is 8.09. The van der Waals surface area contributed by atoms with E-state index in [2.05, 4.69) is 28.9 Å². The fourth-order valence-corrected chi connectivity index (χ4v) is 6.11. The lowest BCUT2D eigenvalue weighted by Crippen LogP contribution is -2.68. The molecule has 5 rings (SSSR count). The minimum Gasteiger partial charge on any atom is -0.395 e. The summed E-state index contributed by atoms with van der Waals surface area (Å²) < 4.78 is 0. The summed E-state index contributed by atoms with van der Waals surface area (Å²) in [6, 6.07) is 18.5.